The number of aromatic nitrogens is 2. The van der Waals surface area contributed by atoms with Crippen molar-refractivity contribution in [1.82, 2.24) is 9.97 Å². The summed E-state index contributed by atoms with van der Waals surface area (Å²) in [6.07, 6.45) is 3.52. The molecule has 0 N–H and O–H groups in total. The maximum Gasteiger partial charge on any atom is 0.340 e. The van der Waals surface area contributed by atoms with E-state index in [-0.39, 0.29) is 0 Å². The number of esters is 3. The fourth-order valence-corrected chi connectivity index (χ4v) is 6.91. The maximum atomic E-state index is 14.0. The van der Waals surface area contributed by atoms with Gasteiger partial charge in [0.15, 0.2) is 5.60 Å². The Morgan fingerprint density at radius 1 is 0.688 bits per heavy atom. The summed E-state index contributed by atoms with van der Waals surface area (Å²) in [7, 11) is 0. The molecule has 0 amide bonds. The summed E-state index contributed by atoms with van der Waals surface area (Å²) < 4.78 is 17.5. The predicted molar refractivity (Wildman–Crippen MR) is 178 cm³/mol. The van der Waals surface area contributed by atoms with Gasteiger partial charge in [0.2, 0.25) is 0 Å². The number of benzene rings is 3. The van der Waals surface area contributed by atoms with E-state index < -0.39 is 28.9 Å². The van der Waals surface area contributed by atoms with Crippen LogP contribution in [0.5, 0.6) is 11.5 Å². The molecule has 7 rings (SSSR count). The lowest BCUT2D eigenvalue weighted by molar-refractivity contribution is -0.132. The van der Waals surface area contributed by atoms with E-state index in [0.29, 0.717) is 35.7 Å². The Labute approximate surface area is 278 Å². The van der Waals surface area contributed by atoms with Gasteiger partial charge in [0.25, 0.3) is 0 Å². The zero-order chi connectivity index (χ0) is 33.6. The number of carbonyl (C=O) groups is 3. The fraction of sp³-hybridized carbons (Fsp3) is 0.205. The number of anilines is 1. The minimum atomic E-state index is -1.30. The van der Waals surface area contributed by atoms with Gasteiger partial charge in [-0.05, 0) is 71.8 Å². The molecule has 240 valence electrons. The molecule has 0 atom stereocenters. The van der Waals surface area contributed by atoms with E-state index in [4.69, 9.17) is 14.2 Å². The Morgan fingerprint density at radius 3 is 1.69 bits per heavy atom. The van der Waals surface area contributed by atoms with Crippen LogP contribution in [0.1, 0.15) is 77.3 Å². The summed E-state index contributed by atoms with van der Waals surface area (Å²) in [4.78, 5) is 49.1. The van der Waals surface area contributed by atoms with Crippen molar-refractivity contribution in [3.63, 3.8) is 0 Å². The highest BCUT2D eigenvalue weighted by molar-refractivity contribution is 5.98. The number of ether oxygens (including phenoxy) is 3. The second-order valence-electron chi connectivity index (χ2n) is 12.5. The summed E-state index contributed by atoms with van der Waals surface area (Å²) in [5.74, 6) is -0.594. The second-order valence-corrected chi connectivity index (χ2v) is 12.5. The van der Waals surface area contributed by atoms with Gasteiger partial charge in [-0.2, -0.15) is 0 Å². The third-order valence-corrected chi connectivity index (χ3v) is 8.98. The van der Waals surface area contributed by atoms with E-state index in [1.165, 1.54) is 13.8 Å². The van der Waals surface area contributed by atoms with E-state index in [1.54, 1.807) is 24.5 Å². The number of pyridine rings is 2. The largest absolute Gasteiger partial charge is 0.441 e. The standard InChI is InChI=1S/C39H33N3O6/c1-24(43)46-29-12-15-33-35(20-29)38(3,4)36-21-30(47-25(2)44)13-16-34(36)39(33)32-14-11-28(19-31(32)37(45)48-39)42(22-26-9-5-7-17-40-26)23-27-10-6-8-18-41-27/h5-21H,22-23H2,1-4H3. The van der Waals surface area contributed by atoms with Crippen LogP contribution in [-0.4, -0.2) is 27.9 Å². The molecule has 0 bridgehead atoms. The highest BCUT2D eigenvalue weighted by atomic mass is 16.6. The molecule has 0 saturated carbocycles. The average molecular weight is 640 g/mol. The lowest BCUT2D eigenvalue weighted by Crippen LogP contribution is -2.41. The monoisotopic (exact) mass is 639 g/mol. The number of fused-ring (bicyclic) bond motifs is 6. The van der Waals surface area contributed by atoms with Gasteiger partial charge >= 0.3 is 17.9 Å². The summed E-state index contributed by atoms with van der Waals surface area (Å²) in [6.45, 7) is 7.78. The molecular weight excluding hydrogens is 606 g/mol. The van der Waals surface area contributed by atoms with Gasteiger partial charge in [0, 0.05) is 54.0 Å². The molecule has 3 heterocycles. The van der Waals surface area contributed by atoms with E-state index in [2.05, 4.69) is 14.9 Å². The number of rotatable bonds is 7. The Hall–Kier alpha value is -5.83. The van der Waals surface area contributed by atoms with Gasteiger partial charge in [-0.3, -0.25) is 19.6 Å². The van der Waals surface area contributed by atoms with Crippen LogP contribution in [0.4, 0.5) is 5.69 Å². The lowest BCUT2D eigenvalue weighted by Gasteiger charge is -2.44. The zero-order valence-electron chi connectivity index (χ0n) is 27.0. The Kier molecular flexibility index (Phi) is 7.55. The topological polar surface area (TPSA) is 108 Å². The van der Waals surface area contributed by atoms with Crippen LogP contribution in [0.2, 0.25) is 0 Å². The van der Waals surface area contributed by atoms with Gasteiger partial charge in [-0.25, -0.2) is 4.79 Å². The first-order valence-corrected chi connectivity index (χ1v) is 15.7. The summed E-state index contributed by atoms with van der Waals surface area (Å²) in [5, 5.41) is 0. The van der Waals surface area contributed by atoms with Crippen molar-refractivity contribution in [2.45, 2.75) is 51.8 Å². The maximum absolute atomic E-state index is 14.0. The zero-order valence-corrected chi connectivity index (χ0v) is 27.0. The quantitative estimate of drug-likeness (QED) is 0.143. The van der Waals surface area contributed by atoms with Crippen molar-refractivity contribution in [2.75, 3.05) is 4.90 Å². The normalized spacial score (nSPS) is 14.7. The van der Waals surface area contributed by atoms with Crippen molar-refractivity contribution < 1.29 is 28.6 Å². The highest BCUT2D eigenvalue weighted by Crippen LogP contribution is 2.57. The minimum absolute atomic E-state index is 0.378. The van der Waals surface area contributed by atoms with Crippen molar-refractivity contribution in [1.29, 1.82) is 0 Å². The van der Waals surface area contributed by atoms with Gasteiger partial charge in [-0.15, -0.1) is 0 Å². The second kappa shape index (κ2) is 11.8. The summed E-state index contributed by atoms with van der Waals surface area (Å²) in [5.41, 5.74) is 4.86. The van der Waals surface area contributed by atoms with Gasteiger partial charge in [-0.1, -0.05) is 44.2 Å². The molecule has 0 unspecified atom stereocenters. The van der Waals surface area contributed by atoms with Crippen LogP contribution in [0.15, 0.2) is 103 Å². The van der Waals surface area contributed by atoms with Gasteiger partial charge < -0.3 is 19.1 Å². The molecule has 5 aromatic rings. The number of carbonyl (C=O) groups excluding carboxylic acids is 3. The van der Waals surface area contributed by atoms with Crippen LogP contribution in [0.25, 0.3) is 0 Å². The number of hydrogen-bond donors (Lipinski definition) is 0. The smallest absolute Gasteiger partial charge is 0.340 e. The van der Waals surface area contributed by atoms with E-state index in [9.17, 15) is 14.4 Å². The van der Waals surface area contributed by atoms with Gasteiger partial charge in [0.1, 0.15) is 11.5 Å². The minimum Gasteiger partial charge on any atom is -0.441 e. The number of hydrogen-bond acceptors (Lipinski definition) is 9. The lowest BCUT2D eigenvalue weighted by atomic mass is 9.61. The van der Waals surface area contributed by atoms with Crippen LogP contribution in [0, 0.1) is 0 Å². The molecule has 9 heteroatoms. The van der Waals surface area contributed by atoms with Crippen molar-refractivity contribution in [3.05, 3.63) is 148 Å². The summed E-state index contributed by atoms with van der Waals surface area (Å²) in [6, 6.07) is 28.2. The third-order valence-electron chi connectivity index (χ3n) is 8.98. The van der Waals surface area contributed by atoms with E-state index in [1.807, 2.05) is 92.7 Å². The molecule has 1 aliphatic heterocycles. The molecule has 0 radical (unpaired) electrons. The summed E-state index contributed by atoms with van der Waals surface area (Å²) >= 11 is 0. The molecule has 2 aromatic heterocycles. The third kappa shape index (κ3) is 5.27. The number of nitrogens with zero attached hydrogens (tertiary/aromatic N) is 3. The van der Waals surface area contributed by atoms with Crippen LogP contribution in [0.3, 0.4) is 0 Å². The van der Waals surface area contributed by atoms with Crippen LogP contribution >= 0.6 is 0 Å². The van der Waals surface area contributed by atoms with Crippen LogP contribution < -0.4 is 14.4 Å². The molecular formula is C39H33N3O6. The average Bonchev–Trinajstić information content (AvgIpc) is 3.36. The highest BCUT2D eigenvalue weighted by Gasteiger charge is 2.56. The molecule has 3 aromatic carbocycles. The Bertz CT molecular complexity index is 1970. The van der Waals surface area contributed by atoms with Crippen LogP contribution in [-0.2, 0) is 38.4 Å². The molecule has 0 fully saturated rings. The Morgan fingerprint density at radius 2 is 1.21 bits per heavy atom. The molecule has 1 aliphatic carbocycles. The molecule has 48 heavy (non-hydrogen) atoms. The van der Waals surface area contributed by atoms with E-state index >= 15 is 0 Å². The molecule has 0 saturated heterocycles. The van der Waals surface area contributed by atoms with Crippen molar-refractivity contribution >= 4 is 23.6 Å². The fourth-order valence-electron chi connectivity index (χ4n) is 6.91. The molecule has 9 nitrogen and oxygen atoms in total. The van der Waals surface area contributed by atoms with E-state index in [0.717, 1.165) is 39.3 Å². The predicted octanol–water partition coefficient (Wildman–Crippen LogP) is 6.64. The molecule has 2 aliphatic rings. The molecule has 1 spiro atoms. The Balaban J connectivity index is 1.40. The first-order valence-electron chi connectivity index (χ1n) is 15.7. The van der Waals surface area contributed by atoms with Gasteiger partial charge in [0.05, 0.1) is 30.0 Å². The SMILES string of the molecule is CC(=O)Oc1ccc2c(c1)C(C)(C)c1cc(OC(C)=O)ccc1C21OC(=O)c2cc(N(Cc3ccccn3)Cc3ccccn3)ccc21. The van der Waals surface area contributed by atoms with Crippen molar-refractivity contribution in [2.24, 2.45) is 0 Å². The van der Waals surface area contributed by atoms with Crippen molar-refractivity contribution in [3.8, 4) is 11.5 Å². The first kappa shape index (κ1) is 30.8. The first-order chi connectivity index (χ1) is 23.1.